The Morgan fingerprint density at radius 2 is 2.27 bits per heavy atom. The molecule has 1 aromatic rings. The number of benzene rings is 1. The number of amides is 1. The van der Waals surface area contributed by atoms with Gasteiger partial charge >= 0.3 is 0 Å². The van der Waals surface area contributed by atoms with Crippen LogP contribution in [0, 0.1) is 11.8 Å². The third-order valence-corrected chi connectivity index (χ3v) is 1.71. The van der Waals surface area contributed by atoms with Gasteiger partial charge in [-0.3, -0.25) is 9.59 Å². The summed E-state index contributed by atoms with van der Waals surface area (Å²) in [6.07, 6.45) is 0.646. The third-order valence-electron chi connectivity index (χ3n) is 1.71. The van der Waals surface area contributed by atoms with E-state index >= 15 is 0 Å². The molecule has 0 atom stereocenters. The zero-order valence-electron chi connectivity index (χ0n) is 8.11. The predicted molar refractivity (Wildman–Crippen MR) is 54.5 cm³/mol. The molecule has 2 N–H and O–H groups in total. The van der Waals surface area contributed by atoms with Gasteiger partial charge in [-0.25, -0.2) is 0 Å². The van der Waals surface area contributed by atoms with Gasteiger partial charge in [-0.2, -0.15) is 0 Å². The summed E-state index contributed by atoms with van der Waals surface area (Å²) < 4.78 is 4.94. The predicted octanol–water partition coefficient (Wildman–Crippen LogP) is 0.345. The van der Waals surface area contributed by atoms with Crippen LogP contribution in [-0.4, -0.2) is 19.3 Å². The average Bonchev–Trinajstić information content (AvgIpc) is 2.25. The highest BCUT2D eigenvalue weighted by molar-refractivity contribution is 5.93. The van der Waals surface area contributed by atoms with Gasteiger partial charge in [0.2, 0.25) is 0 Å². The van der Waals surface area contributed by atoms with E-state index in [0.29, 0.717) is 23.2 Å². The second kappa shape index (κ2) is 4.82. The molecule has 15 heavy (non-hydrogen) atoms. The molecular formula is C11H9NO3. The summed E-state index contributed by atoms with van der Waals surface area (Å²) in [6.45, 7) is 0. The number of nitrogens with two attached hydrogens (primary N) is 1. The van der Waals surface area contributed by atoms with Crippen LogP contribution < -0.4 is 10.5 Å². The molecule has 0 aromatic heterocycles. The maximum Gasteiger partial charge on any atom is 0.293 e. The maximum atomic E-state index is 10.7. The zero-order chi connectivity index (χ0) is 11.3. The summed E-state index contributed by atoms with van der Waals surface area (Å²) in [5.74, 6) is 4.49. The van der Waals surface area contributed by atoms with Crippen molar-refractivity contribution in [1.29, 1.82) is 0 Å². The standard InChI is InChI=1S/C11H9NO3/c1-15-10-4-2-8(3-5-11(12)14)9(6-10)7-13/h2,4,6-7H,1H3,(H2,12,14). The van der Waals surface area contributed by atoms with Crippen molar-refractivity contribution in [2.45, 2.75) is 0 Å². The number of hydrogen-bond acceptors (Lipinski definition) is 3. The Morgan fingerprint density at radius 3 is 2.80 bits per heavy atom. The molecule has 0 heterocycles. The van der Waals surface area contributed by atoms with Gasteiger partial charge in [0.05, 0.1) is 7.11 Å². The summed E-state index contributed by atoms with van der Waals surface area (Å²) >= 11 is 0. The van der Waals surface area contributed by atoms with Gasteiger partial charge in [-0.1, -0.05) is 5.92 Å². The first-order valence-corrected chi connectivity index (χ1v) is 4.12. The minimum absolute atomic E-state index is 0.364. The number of carbonyl (C=O) groups is 2. The minimum Gasteiger partial charge on any atom is -0.497 e. The van der Waals surface area contributed by atoms with Crippen molar-refractivity contribution in [3.05, 3.63) is 29.3 Å². The zero-order valence-corrected chi connectivity index (χ0v) is 8.11. The van der Waals surface area contributed by atoms with Gasteiger partial charge in [0.25, 0.3) is 5.91 Å². The highest BCUT2D eigenvalue weighted by Gasteiger charge is 2.00. The molecule has 0 aliphatic heterocycles. The largest absolute Gasteiger partial charge is 0.497 e. The highest BCUT2D eigenvalue weighted by atomic mass is 16.5. The van der Waals surface area contributed by atoms with Crippen LogP contribution in [0.25, 0.3) is 0 Å². The molecule has 1 rings (SSSR count). The molecule has 76 valence electrons. The summed E-state index contributed by atoms with van der Waals surface area (Å²) in [4.78, 5) is 21.1. The van der Waals surface area contributed by atoms with Crippen LogP contribution in [0.3, 0.4) is 0 Å². The molecular weight excluding hydrogens is 194 g/mol. The number of rotatable bonds is 2. The summed E-state index contributed by atoms with van der Waals surface area (Å²) in [5, 5.41) is 0. The van der Waals surface area contributed by atoms with Gasteiger partial charge in [0.1, 0.15) is 5.75 Å². The van der Waals surface area contributed by atoms with Crippen LogP contribution in [0.1, 0.15) is 15.9 Å². The van der Waals surface area contributed by atoms with Gasteiger partial charge in [-0.15, -0.1) is 0 Å². The number of carbonyl (C=O) groups excluding carboxylic acids is 2. The molecule has 4 heteroatoms. The van der Waals surface area contributed by atoms with E-state index in [1.54, 1.807) is 12.1 Å². The molecule has 1 aromatic carbocycles. The van der Waals surface area contributed by atoms with Crippen molar-refractivity contribution in [2.24, 2.45) is 5.73 Å². The van der Waals surface area contributed by atoms with Gasteiger partial charge in [0.15, 0.2) is 6.29 Å². The van der Waals surface area contributed by atoms with Crippen molar-refractivity contribution >= 4 is 12.2 Å². The highest BCUT2D eigenvalue weighted by Crippen LogP contribution is 2.15. The Balaban J connectivity index is 3.15. The molecule has 0 fully saturated rings. The number of hydrogen-bond donors (Lipinski definition) is 1. The first-order chi connectivity index (χ1) is 7.17. The van der Waals surface area contributed by atoms with E-state index in [2.05, 4.69) is 11.8 Å². The molecule has 0 aliphatic carbocycles. The molecule has 0 unspecified atom stereocenters. The summed E-state index contributed by atoms with van der Waals surface area (Å²) in [7, 11) is 1.50. The molecule has 0 radical (unpaired) electrons. The summed E-state index contributed by atoms with van der Waals surface area (Å²) in [5.41, 5.74) is 5.68. The topological polar surface area (TPSA) is 69.4 Å². The van der Waals surface area contributed by atoms with Crippen LogP contribution in [0.2, 0.25) is 0 Å². The Hall–Kier alpha value is -2.28. The van der Waals surface area contributed by atoms with E-state index < -0.39 is 5.91 Å². The van der Waals surface area contributed by atoms with Crippen molar-refractivity contribution in [3.8, 4) is 17.6 Å². The number of ether oxygens (including phenoxy) is 1. The number of methoxy groups -OCH3 is 1. The number of primary amides is 1. The van der Waals surface area contributed by atoms with Crippen molar-refractivity contribution in [3.63, 3.8) is 0 Å². The molecule has 1 amide bonds. The lowest BCUT2D eigenvalue weighted by Gasteiger charge is -2.01. The van der Waals surface area contributed by atoms with Crippen molar-refractivity contribution in [2.75, 3.05) is 7.11 Å². The van der Waals surface area contributed by atoms with Crippen LogP contribution in [0.4, 0.5) is 0 Å². The first-order valence-electron chi connectivity index (χ1n) is 4.12. The van der Waals surface area contributed by atoms with Gasteiger partial charge < -0.3 is 10.5 Å². The monoisotopic (exact) mass is 203 g/mol. The molecule has 0 saturated heterocycles. The van der Waals surface area contributed by atoms with E-state index in [0.717, 1.165) is 0 Å². The SMILES string of the molecule is COc1ccc(C#CC(N)=O)c(C=O)c1. The lowest BCUT2D eigenvalue weighted by Crippen LogP contribution is -2.06. The van der Waals surface area contributed by atoms with Crippen LogP contribution in [0.5, 0.6) is 5.75 Å². The fourth-order valence-electron chi connectivity index (χ4n) is 1.01. The summed E-state index contributed by atoms with van der Waals surface area (Å²) in [6, 6.07) is 4.79. The van der Waals surface area contributed by atoms with E-state index in [1.165, 1.54) is 13.2 Å². The molecule has 0 bridgehead atoms. The van der Waals surface area contributed by atoms with E-state index in [-0.39, 0.29) is 0 Å². The normalized spacial score (nSPS) is 8.60. The van der Waals surface area contributed by atoms with Crippen molar-refractivity contribution < 1.29 is 14.3 Å². The second-order valence-corrected chi connectivity index (χ2v) is 2.69. The second-order valence-electron chi connectivity index (χ2n) is 2.69. The maximum absolute atomic E-state index is 10.7. The molecule has 4 nitrogen and oxygen atoms in total. The van der Waals surface area contributed by atoms with Crippen LogP contribution >= 0.6 is 0 Å². The molecule has 0 saturated carbocycles. The van der Waals surface area contributed by atoms with Crippen molar-refractivity contribution in [1.82, 2.24) is 0 Å². The van der Waals surface area contributed by atoms with Gasteiger partial charge in [0, 0.05) is 17.0 Å². The van der Waals surface area contributed by atoms with Crippen LogP contribution in [0.15, 0.2) is 18.2 Å². The fraction of sp³-hybridized carbons (Fsp3) is 0.0909. The Labute approximate surface area is 87.0 Å². The van der Waals surface area contributed by atoms with E-state index in [9.17, 15) is 9.59 Å². The quantitative estimate of drug-likeness (QED) is 0.556. The Bertz CT molecular complexity index is 455. The van der Waals surface area contributed by atoms with Gasteiger partial charge in [-0.05, 0) is 18.2 Å². The fourth-order valence-corrected chi connectivity index (χ4v) is 1.01. The Kier molecular flexibility index (Phi) is 3.47. The number of aldehydes is 1. The molecule has 0 spiro atoms. The molecule has 0 aliphatic rings. The van der Waals surface area contributed by atoms with E-state index in [4.69, 9.17) is 10.5 Å². The Morgan fingerprint density at radius 1 is 1.53 bits per heavy atom. The smallest absolute Gasteiger partial charge is 0.293 e. The minimum atomic E-state index is -0.734. The lowest BCUT2D eigenvalue weighted by molar-refractivity contribution is -0.112. The first kappa shape index (κ1) is 10.8. The lowest BCUT2D eigenvalue weighted by atomic mass is 10.1. The van der Waals surface area contributed by atoms with Crippen LogP contribution in [-0.2, 0) is 4.79 Å². The third kappa shape index (κ3) is 2.85. The van der Waals surface area contributed by atoms with E-state index in [1.807, 2.05) is 0 Å². The average molecular weight is 203 g/mol.